The van der Waals surface area contributed by atoms with Crippen molar-refractivity contribution in [2.75, 3.05) is 11.3 Å². The number of nitrogens with zero attached hydrogens (tertiary/aromatic N) is 1. The molecule has 0 fully saturated rings. The normalized spacial score (nSPS) is 15.5. The average Bonchev–Trinajstić information content (AvgIpc) is 3.35. The second-order valence-corrected chi connectivity index (χ2v) is 9.22. The molecule has 9 heteroatoms. The topological polar surface area (TPSA) is 97.4 Å². The van der Waals surface area contributed by atoms with Crippen LogP contribution >= 0.6 is 11.3 Å². The lowest BCUT2D eigenvalue weighted by atomic mass is 10.1. The van der Waals surface area contributed by atoms with Gasteiger partial charge in [-0.3, -0.25) is 9.52 Å². The molecular formula is C20H21N3O4S2. The fourth-order valence-electron chi connectivity index (χ4n) is 3.25. The minimum absolute atomic E-state index is 0. The van der Waals surface area contributed by atoms with E-state index in [1.54, 1.807) is 41.9 Å². The highest BCUT2D eigenvalue weighted by Gasteiger charge is 2.25. The fraction of sp³-hybridized carbons (Fsp3) is 0.200. The summed E-state index contributed by atoms with van der Waals surface area (Å²) >= 11 is 1.22. The van der Waals surface area contributed by atoms with Crippen molar-refractivity contribution >= 4 is 32.4 Å². The van der Waals surface area contributed by atoms with Crippen LogP contribution in [0, 0.1) is 0 Å². The van der Waals surface area contributed by atoms with Crippen molar-refractivity contribution in [1.82, 2.24) is 10.3 Å². The van der Waals surface area contributed by atoms with Crippen molar-refractivity contribution in [2.45, 2.75) is 23.8 Å². The monoisotopic (exact) mass is 431 g/mol. The van der Waals surface area contributed by atoms with Gasteiger partial charge in [0.05, 0.1) is 4.90 Å². The molecule has 1 aliphatic rings. The molecule has 4 rings (SSSR count). The van der Waals surface area contributed by atoms with Gasteiger partial charge in [0.25, 0.3) is 15.9 Å². The SMILES string of the molecule is O=C(COc1ccccc1)NC1Cc2ccc(S(=O)(=O)Nc3nccs3)cc2C1.[HH]. The van der Waals surface area contributed by atoms with Gasteiger partial charge < -0.3 is 10.1 Å². The summed E-state index contributed by atoms with van der Waals surface area (Å²) in [5.41, 5.74) is 1.95. The minimum Gasteiger partial charge on any atom is -0.484 e. The molecule has 29 heavy (non-hydrogen) atoms. The third-order valence-corrected chi connectivity index (χ3v) is 6.71. The third kappa shape index (κ3) is 4.75. The molecule has 1 heterocycles. The van der Waals surface area contributed by atoms with Crippen LogP contribution in [0.25, 0.3) is 0 Å². The molecule has 1 aromatic heterocycles. The Morgan fingerprint density at radius 1 is 1.17 bits per heavy atom. The Balaban J connectivity index is 0.00000256. The van der Waals surface area contributed by atoms with Crippen molar-refractivity contribution < 1.29 is 19.4 Å². The number of hydrogen-bond donors (Lipinski definition) is 2. The molecule has 1 aliphatic carbocycles. The van der Waals surface area contributed by atoms with Gasteiger partial charge in [-0.2, -0.15) is 0 Å². The van der Waals surface area contributed by atoms with Crippen LogP contribution in [0.3, 0.4) is 0 Å². The van der Waals surface area contributed by atoms with Crippen LogP contribution in [-0.4, -0.2) is 32.0 Å². The van der Waals surface area contributed by atoms with E-state index in [0.29, 0.717) is 23.7 Å². The number of amides is 1. The Labute approximate surface area is 174 Å². The van der Waals surface area contributed by atoms with Crippen LogP contribution in [0.4, 0.5) is 5.13 Å². The second-order valence-electron chi connectivity index (χ2n) is 6.65. The molecule has 7 nitrogen and oxygen atoms in total. The molecule has 2 aromatic carbocycles. The van der Waals surface area contributed by atoms with Crippen molar-refractivity contribution in [3.8, 4) is 5.75 Å². The van der Waals surface area contributed by atoms with Gasteiger partial charge in [0.15, 0.2) is 11.7 Å². The highest BCUT2D eigenvalue weighted by atomic mass is 32.2. The number of sulfonamides is 1. The Morgan fingerprint density at radius 2 is 1.97 bits per heavy atom. The number of hydrogen-bond acceptors (Lipinski definition) is 6. The zero-order chi connectivity index (χ0) is 20.3. The smallest absolute Gasteiger partial charge is 0.263 e. The summed E-state index contributed by atoms with van der Waals surface area (Å²) in [6.45, 7) is -0.0613. The Morgan fingerprint density at radius 3 is 2.72 bits per heavy atom. The zero-order valence-corrected chi connectivity index (χ0v) is 17.0. The van der Waals surface area contributed by atoms with E-state index >= 15 is 0 Å². The van der Waals surface area contributed by atoms with Crippen LogP contribution in [0.1, 0.15) is 12.6 Å². The van der Waals surface area contributed by atoms with Crippen LogP contribution in [-0.2, 0) is 27.7 Å². The molecule has 152 valence electrons. The number of carbonyl (C=O) groups excluding carboxylic acids is 1. The van der Waals surface area contributed by atoms with Gasteiger partial charge >= 0.3 is 0 Å². The zero-order valence-electron chi connectivity index (χ0n) is 15.4. The van der Waals surface area contributed by atoms with Crippen molar-refractivity contribution in [2.24, 2.45) is 0 Å². The number of thiazole rings is 1. The summed E-state index contributed by atoms with van der Waals surface area (Å²) < 4.78 is 33.0. The van der Waals surface area contributed by atoms with Gasteiger partial charge in [-0.1, -0.05) is 24.3 Å². The number of fused-ring (bicyclic) bond motifs is 1. The first-order valence-corrected chi connectivity index (χ1v) is 11.4. The number of carbonyl (C=O) groups is 1. The molecule has 0 bridgehead atoms. The molecule has 0 aliphatic heterocycles. The highest BCUT2D eigenvalue weighted by molar-refractivity contribution is 7.93. The number of anilines is 1. The molecule has 1 unspecified atom stereocenters. The van der Waals surface area contributed by atoms with Gasteiger partial charge in [-0.25, -0.2) is 13.4 Å². The number of nitrogens with one attached hydrogen (secondary N) is 2. The standard InChI is InChI=1S/C20H19N3O4S2.H2/c24-19(13-27-17-4-2-1-3-5-17)22-16-10-14-6-7-18(12-15(14)11-16)29(25,26)23-20-21-8-9-28-20;/h1-9,12,16H,10-11,13H2,(H,21,23)(H,22,24);1H. The number of para-hydroxylation sites is 1. The van der Waals surface area contributed by atoms with Crippen molar-refractivity contribution in [3.63, 3.8) is 0 Å². The van der Waals surface area contributed by atoms with E-state index in [9.17, 15) is 13.2 Å². The number of aromatic nitrogens is 1. The van der Waals surface area contributed by atoms with Crippen LogP contribution in [0.2, 0.25) is 0 Å². The molecular weight excluding hydrogens is 410 g/mol. The molecule has 0 saturated heterocycles. The number of ether oxygens (including phenoxy) is 1. The molecule has 1 atom stereocenters. The molecule has 1 amide bonds. The lowest BCUT2D eigenvalue weighted by Gasteiger charge is -2.12. The van der Waals surface area contributed by atoms with Gasteiger partial charge in [-0.15, -0.1) is 11.3 Å². The maximum atomic E-state index is 12.5. The van der Waals surface area contributed by atoms with Crippen LogP contribution in [0.15, 0.2) is 65.0 Å². The highest BCUT2D eigenvalue weighted by Crippen LogP contribution is 2.26. The Hall–Kier alpha value is -2.91. The molecule has 3 aromatic rings. The summed E-state index contributed by atoms with van der Waals surface area (Å²) in [6, 6.07) is 14.1. The maximum absolute atomic E-state index is 12.5. The summed E-state index contributed by atoms with van der Waals surface area (Å²) in [5, 5.41) is 4.98. The lowest BCUT2D eigenvalue weighted by Crippen LogP contribution is -2.38. The first-order chi connectivity index (χ1) is 14.0. The van der Waals surface area contributed by atoms with Crippen molar-refractivity contribution in [3.05, 3.63) is 71.2 Å². The summed E-state index contributed by atoms with van der Waals surface area (Å²) in [5.74, 6) is 0.435. The van der Waals surface area contributed by atoms with E-state index in [2.05, 4.69) is 15.0 Å². The van der Waals surface area contributed by atoms with E-state index in [-0.39, 0.29) is 24.9 Å². The van der Waals surface area contributed by atoms with Crippen LogP contribution in [0.5, 0.6) is 5.75 Å². The number of rotatable bonds is 7. The Kier molecular flexibility index (Phi) is 5.50. The average molecular weight is 432 g/mol. The second kappa shape index (κ2) is 8.22. The number of benzene rings is 2. The van der Waals surface area contributed by atoms with Gasteiger partial charge in [-0.05, 0) is 48.2 Å². The predicted octanol–water partition coefficient (Wildman–Crippen LogP) is 2.85. The van der Waals surface area contributed by atoms with E-state index in [4.69, 9.17) is 4.74 Å². The van der Waals surface area contributed by atoms with Gasteiger partial charge in [0, 0.05) is 19.0 Å². The Bertz CT molecular complexity index is 1110. The summed E-state index contributed by atoms with van der Waals surface area (Å²) in [4.78, 5) is 16.3. The lowest BCUT2D eigenvalue weighted by molar-refractivity contribution is -0.123. The molecule has 0 spiro atoms. The van der Waals surface area contributed by atoms with Crippen LogP contribution < -0.4 is 14.8 Å². The predicted molar refractivity (Wildman–Crippen MR) is 113 cm³/mol. The first kappa shape index (κ1) is 19.4. The third-order valence-electron chi connectivity index (χ3n) is 4.55. The van der Waals surface area contributed by atoms with Gasteiger partial charge in [0.1, 0.15) is 5.75 Å². The summed E-state index contributed by atoms with van der Waals surface area (Å²) in [6.07, 6.45) is 2.78. The molecule has 0 radical (unpaired) electrons. The van der Waals surface area contributed by atoms with E-state index in [1.807, 2.05) is 18.2 Å². The quantitative estimate of drug-likeness (QED) is 0.600. The minimum atomic E-state index is -3.69. The van der Waals surface area contributed by atoms with Gasteiger partial charge in [0.2, 0.25) is 0 Å². The summed E-state index contributed by atoms with van der Waals surface area (Å²) in [7, 11) is -3.69. The van der Waals surface area contributed by atoms with Crippen molar-refractivity contribution in [1.29, 1.82) is 0 Å². The van der Waals surface area contributed by atoms with E-state index < -0.39 is 10.0 Å². The first-order valence-electron chi connectivity index (χ1n) is 9.01. The molecule has 0 saturated carbocycles. The fourth-order valence-corrected chi connectivity index (χ4v) is 5.09. The largest absolute Gasteiger partial charge is 0.484 e. The maximum Gasteiger partial charge on any atom is 0.263 e. The van der Waals surface area contributed by atoms with E-state index in [1.165, 1.54) is 11.3 Å². The molecule has 2 N–H and O–H groups in total. The van der Waals surface area contributed by atoms with E-state index in [0.717, 1.165) is 11.1 Å².